The molecule has 0 bridgehead atoms. The molecular formula is C42H40N3OP. The highest BCUT2D eigenvalue weighted by Crippen LogP contribution is 2.37. The van der Waals surface area contributed by atoms with Crippen LogP contribution in [0.1, 0.15) is 38.8 Å². The molecule has 0 aliphatic rings. The summed E-state index contributed by atoms with van der Waals surface area (Å²) in [6.07, 6.45) is 6.13. The summed E-state index contributed by atoms with van der Waals surface area (Å²) in [7, 11) is -1.22. The van der Waals surface area contributed by atoms with Crippen LogP contribution in [0.4, 0.5) is 0 Å². The molecule has 2 N–H and O–H groups in total. The fourth-order valence-corrected chi connectivity index (χ4v) is 6.77. The third-order valence-corrected chi connectivity index (χ3v) is 9.05. The van der Waals surface area contributed by atoms with Crippen LogP contribution in [-0.4, -0.2) is 5.71 Å². The van der Waals surface area contributed by atoms with Crippen molar-refractivity contribution in [2.45, 2.75) is 27.7 Å². The minimum Gasteiger partial charge on any atom is -0.440 e. The van der Waals surface area contributed by atoms with Gasteiger partial charge in [0.15, 0.2) is 0 Å². The van der Waals surface area contributed by atoms with E-state index in [2.05, 4.69) is 60.7 Å². The number of nitrogens with zero attached hydrogens (tertiary/aromatic N) is 2. The number of rotatable bonds is 10. The summed E-state index contributed by atoms with van der Waals surface area (Å²) in [5, 5.41) is 12.7. The zero-order valence-corrected chi connectivity index (χ0v) is 28.2. The van der Waals surface area contributed by atoms with Gasteiger partial charge in [0.2, 0.25) is 5.88 Å². The number of hydrogen-bond acceptors (Lipinski definition) is 4. The molecule has 0 saturated heterocycles. The van der Waals surface area contributed by atoms with E-state index in [4.69, 9.17) is 15.2 Å². The molecule has 5 heteroatoms. The van der Waals surface area contributed by atoms with Crippen LogP contribution < -0.4 is 21.1 Å². The fourth-order valence-electron chi connectivity index (χ4n) is 4.91. The van der Waals surface area contributed by atoms with E-state index in [9.17, 15) is 5.26 Å². The average Bonchev–Trinajstić information content (AvgIpc) is 3.14. The van der Waals surface area contributed by atoms with E-state index >= 15 is 0 Å². The largest absolute Gasteiger partial charge is 0.440 e. The van der Waals surface area contributed by atoms with Crippen molar-refractivity contribution >= 4 is 30.0 Å². The third-order valence-electron chi connectivity index (χ3n) is 7.08. The van der Waals surface area contributed by atoms with Crippen LogP contribution >= 0.6 is 8.07 Å². The minimum atomic E-state index is -1.22. The van der Waals surface area contributed by atoms with Gasteiger partial charge in [-0.15, -0.1) is 0 Å². The maximum Gasteiger partial charge on any atom is 0.211 e. The zero-order valence-electron chi connectivity index (χ0n) is 27.3. The first-order chi connectivity index (χ1) is 23.1. The van der Waals surface area contributed by atoms with Crippen LogP contribution in [0.15, 0.2) is 174 Å². The Balaban J connectivity index is 0.00000245. The predicted octanol–water partition coefficient (Wildman–Crippen LogP) is 9.97. The molecule has 5 rings (SSSR count). The van der Waals surface area contributed by atoms with E-state index in [1.165, 1.54) is 0 Å². The van der Waals surface area contributed by atoms with Gasteiger partial charge in [0.1, 0.15) is 17.4 Å². The Morgan fingerprint density at radius 3 is 1.74 bits per heavy atom. The lowest BCUT2D eigenvalue weighted by Gasteiger charge is -2.18. The van der Waals surface area contributed by atoms with Gasteiger partial charge in [0.05, 0.1) is 13.8 Å². The van der Waals surface area contributed by atoms with E-state index < -0.39 is 8.07 Å². The third kappa shape index (κ3) is 9.04. The van der Waals surface area contributed by atoms with Gasteiger partial charge in [-0.05, 0) is 54.3 Å². The van der Waals surface area contributed by atoms with E-state index in [1.54, 1.807) is 0 Å². The molecule has 47 heavy (non-hydrogen) atoms. The predicted molar refractivity (Wildman–Crippen MR) is 201 cm³/mol. The maximum absolute atomic E-state index is 10.6. The van der Waals surface area contributed by atoms with Crippen molar-refractivity contribution in [1.82, 2.24) is 0 Å². The van der Waals surface area contributed by atoms with Crippen molar-refractivity contribution in [3.8, 4) is 22.9 Å². The van der Waals surface area contributed by atoms with Crippen LogP contribution in [0.25, 0.3) is 16.7 Å². The van der Waals surface area contributed by atoms with Crippen LogP contribution in [-0.2, 0) is 0 Å². The smallest absolute Gasteiger partial charge is 0.211 e. The first kappa shape index (κ1) is 34.4. The molecule has 0 atom stereocenters. The molecule has 234 valence electrons. The monoisotopic (exact) mass is 633 g/mol. The fraction of sp³-hybridized carbons (Fsp3) is 0.0952. The normalized spacial score (nSPS) is 12.2. The van der Waals surface area contributed by atoms with Crippen molar-refractivity contribution in [2.24, 2.45) is 10.5 Å². The Hall–Kier alpha value is -5.49. The Kier molecular flexibility index (Phi) is 13.1. The van der Waals surface area contributed by atoms with Crippen LogP contribution in [0.2, 0.25) is 0 Å². The van der Waals surface area contributed by atoms with E-state index in [-0.39, 0.29) is 11.5 Å². The molecule has 5 aromatic carbocycles. The highest BCUT2D eigenvalue weighted by molar-refractivity contribution is 7.72. The summed E-state index contributed by atoms with van der Waals surface area (Å²) in [5.41, 5.74) is 12.2. The van der Waals surface area contributed by atoms with E-state index in [0.717, 1.165) is 38.4 Å². The van der Waals surface area contributed by atoms with Gasteiger partial charge in [-0.2, -0.15) is 5.26 Å². The molecule has 5 aromatic rings. The number of nitriles is 1. The van der Waals surface area contributed by atoms with Gasteiger partial charge in [0.25, 0.3) is 0 Å². The highest BCUT2D eigenvalue weighted by Gasteiger charge is 2.21. The second kappa shape index (κ2) is 17.9. The summed E-state index contributed by atoms with van der Waals surface area (Å²) in [5.74, 6) is 0.515. The first-order valence-electron chi connectivity index (χ1n) is 15.7. The Labute approximate surface area is 280 Å². The Bertz CT molecular complexity index is 1850. The number of nitrogens with two attached hydrogens (primary N) is 1. The van der Waals surface area contributed by atoms with Gasteiger partial charge in [-0.3, -0.25) is 0 Å². The highest BCUT2D eigenvalue weighted by atomic mass is 31.1. The summed E-state index contributed by atoms with van der Waals surface area (Å²) in [4.78, 5) is 0. The van der Waals surface area contributed by atoms with Crippen molar-refractivity contribution < 1.29 is 4.74 Å². The molecule has 0 aliphatic heterocycles. The second-order valence-corrected chi connectivity index (χ2v) is 12.0. The van der Waals surface area contributed by atoms with Gasteiger partial charge >= 0.3 is 0 Å². The SMILES string of the molecule is C/C=C\C(=C/C)c1cc(O/C(N)=C(C#N)/C(=N\P(c2ccccc2)c2ccccc2)c2ccccc2)cc(-c2ccccc2)c1.CC. The molecule has 0 unspecified atom stereocenters. The van der Waals surface area contributed by atoms with E-state index in [0.29, 0.717) is 11.5 Å². The molecule has 0 fully saturated rings. The van der Waals surface area contributed by atoms with Crippen LogP contribution in [0.3, 0.4) is 0 Å². The molecule has 0 radical (unpaired) electrons. The molecule has 0 spiro atoms. The molecule has 0 saturated carbocycles. The summed E-state index contributed by atoms with van der Waals surface area (Å²) < 4.78 is 11.6. The Morgan fingerprint density at radius 1 is 0.702 bits per heavy atom. The molecular weight excluding hydrogens is 593 g/mol. The van der Waals surface area contributed by atoms with Crippen molar-refractivity contribution in [3.05, 3.63) is 180 Å². The number of benzene rings is 5. The molecule has 4 nitrogen and oxygen atoms in total. The zero-order chi connectivity index (χ0) is 33.4. The van der Waals surface area contributed by atoms with Crippen LogP contribution in [0, 0.1) is 11.3 Å². The van der Waals surface area contributed by atoms with Crippen molar-refractivity contribution in [2.75, 3.05) is 0 Å². The van der Waals surface area contributed by atoms with Gasteiger partial charge in [0, 0.05) is 16.2 Å². The van der Waals surface area contributed by atoms with Crippen LogP contribution in [0.5, 0.6) is 5.75 Å². The van der Waals surface area contributed by atoms with E-state index in [1.807, 2.05) is 131 Å². The summed E-state index contributed by atoms with van der Waals surface area (Å²) in [6.45, 7) is 8.00. The number of ether oxygens (including phenoxy) is 1. The molecule has 0 aromatic heterocycles. The van der Waals surface area contributed by atoms with Gasteiger partial charge < -0.3 is 10.5 Å². The topological polar surface area (TPSA) is 71.4 Å². The number of hydrogen-bond donors (Lipinski definition) is 1. The van der Waals surface area contributed by atoms with Crippen molar-refractivity contribution in [1.29, 1.82) is 5.26 Å². The lowest BCUT2D eigenvalue weighted by atomic mass is 9.98. The second-order valence-electron chi connectivity index (χ2n) is 10.1. The first-order valence-corrected chi connectivity index (χ1v) is 17.0. The lowest BCUT2D eigenvalue weighted by Crippen LogP contribution is -2.18. The minimum absolute atomic E-state index is 0.0135. The molecule has 0 aliphatic carbocycles. The lowest BCUT2D eigenvalue weighted by molar-refractivity contribution is 0.418. The summed E-state index contributed by atoms with van der Waals surface area (Å²) in [6, 6.07) is 48.5. The standard InChI is InChI=1S/C40H34N3OP.C2H6/c1-3-17-30(4-2)33-26-34(31-18-9-5-10-19-31)28-35(27-33)44-40(42)38(29-41)39(32-20-11-6-12-21-32)43-45(36-22-13-7-14-23-36)37-24-15-8-16-25-37;1-2/h3-28H,42H2,1-2H3;1-2H3/b17-3-,30-4+,40-38+,43-39-;. The van der Waals surface area contributed by atoms with Crippen molar-refractivity contribution in [3.63, 3.8) is 0 Å². The summed E-state index contributed by atoms with van der Waals surface area (Å²) >= 11 is 0. The number of allylic oxidation sites excluding steroid dienone is 5. The molecule has 0 amide bonds. The van der Waals surface area contributed by atoms with Gasteiger partial charge in [-0.1, -0.05) is 153 Å². The average molecular weight is 634 g/mol. The molecule has 0 heterocycles. The Morgan fingerprint density at radius 2 is 1.23 bits per heavy atom. The maximum atomic E-state index is 10.6. The van der Waals surface area contributed by atoms with Gasteiger partial charge in [-0.25, -0.2) is 4.76 Å². The quantitative estimate of drug-likeness (QED) is 0.0547.